The Kier molecular flexibility index (Phi) is 4.01. The summed E-state index contributed by atoms with van der Waals surface area (Å²) < 4.78 is 21.8. The molecule has 7 heteroatoms. The monoisotopic (exact) mass is 291 g/mol. The van der Waals surface area contributed by atoms with Crippen LogP contribution < -0.4 is 0 Å². The molecule has 0 aromatic rings. The van der Waals surface area contributed by atoms with Crippen molar-refractivity contribution in [1.82, 2.24) is 4.90 Å². The van der Waals surface area contributed by atoms with Gasteiger partial charge in [0.2, 0.25) is 5.91 Å². The lowest BCUT2D eigenvalue weighted by molar-refractivity contribution is -0.148. The van der Waals surface area contributed by atoms with Crippen LogP contribution in [-0.2, 0) is 19.4 Å². The summed E-state index contributed by atoms with van der Waals surface area (Å²) in [5, 5.41) is 9.27. The number of carboxylic acids is 1. The van der Waals surface area contributed by atoms with E-state index in [9.17, 15) is 23.1 Å². The number of carbonyl (C=O) groups is 2. The predicted molar refractivity (Wildman–Crippen MR) is 70.5 cm³/mol. The van der Waals surface area contributed by atoms with Crippen LogP contribution in [0.1, 0.15) is 33.6 Å². The highest BCUT2D eigenvalue weighted by Gasteiger charge is 2.49. The van der Waals surface area contributed by atoms with Crippen LogP contribution in [0.5, 0.6) is 0 Å². The van der Waals surface area contributed by atoms with Crippen LogP contribution >= 0.6 is 0 Å². The van der Waals surface area contributed by atoms with E-state index in [-0.39, 0.29) is 13.1 Å². The lowest BCUT2D eigenvalue weighted by Gasteiger charge is -2.29. The van der Waals surface area contributed by atoms with Crippen LogP contribution in [0.4, 0.5) is 0 Å². The molecule has 1 saturated heterocycles. The zero-order valence-electron chi connectivity index (χ0n) is 11.8. The summed E-state index contributed by atoms with van der Waals surface area (Å²) in [4.78, 5) is 25.0. The molecule has 1 atom stereocenters. The van der Waals surface area contributed by atoms with Gasteiger partial charge in [-0.1, -0.05) is 6.92 Å². The minimum atomic E-state index is -3.54. The number of carbonyl (C=O) groups excluding carboxylic acids is 1. The molecule has 0 aliphatic carbocycles. The first-order chi connectivity index (χ1) is 8.48. The van der Waals surface area contributed by atoms with Crippen LogP contribution in [0.3, 0.4) is 0 Å². The third-order valence-electron chi connectivity index (χ3n) is 4.21. The Balaban J connectivity index is 2.98. The highest BCUT2D eigenvalue weighted by Crippen LogP contribution is 2.35. The number of nitrogens with zero attached hydrogens (tertiary/aromatic N) is 1. The molecule has 6 nitrogen and oxygen atoms in total. The van der Waals surface area contributed by atoms with Gasteiger partial charge in [0.05, 0.1) is 5.41 Å². The predicted octanol–water partition coefficient (Wildman–Crippen LogP) is 0.523. The lowest BCUT2D eigenvalue weighted by atomic mass is 9.84. The minimum absolute atomic E-state index is 0.0800. The maximum atomic E-state index is 12.3. The second kappa shape index (κ2) is 4.77. The van der Waals surface area contributed by atoms with Crippen molar-refractivity contribution in [3.63, 3.8) is 0 Å². The Morgan fingerprint density at radius 2 is 1.89 bits per heavy atom. The quantitative estimate of drug-likeness (QED) is 0.815. The van der Waals surface area contributed by atoms with Crippen molar-refractivity contribution in [3.05, 3.63) is 0 Å². The average molecular weight is 291 g/mol. The summed E-state index contributed by atoms with van der Waals surface area (Å²) in [5.41, 5.74) is -0.941. The number of likely N-dealkylation sites (tertiary alicyclic amines) is 1. The van der Waals surface area contributed by atoms with Gasteiger partial charge in [-0.25, -0.2) is 8.42 Å². The van der Waals surface area contributed by atoms with E-state index in [1.807, 2.05) is 0 Å². The van der Waals surface area contributed by atoms with Gasteiger partial charge in [0.15, 0.2) is 9.84 Å². The highest BCUT2D eigenvalue weighted by molar-refractivity contribution is 7.92. The first-order valence-corrected chi connectivity index (χ1v) is 8.09. The smallest absolute Gasteiger partial charge is 0.311 e. The minimum Gasteiger partial charge on any atom is -0.481 e. The van der Waals surface area contributed by atoms with E-state index in [2.05, 4.69) is 0 Å². The van der Waals surface area contributed by atoms with Gasteiger partial charge in [0.1, 0.15) is 4.75 Å². The maximum absolute atomic E-state index is 12.3. The molecule has 0 aromatic carbocycles. The molecule has 0 spiro atoms. The van der Waals surface area contributed by atoms with Gasteiger partial charge in [0, 0.05) is 19.3 Å². The standard InChI is InChI=1S/C12H21NO5S/c1-5-12(10(15)16)6-7-13(8-12)9(14)11(2,3)19(4,17)18/h5-8H2,1-4H3,(H,15,16). The van der Waals surface area contributed by atoms with Gasteiger partial charge in [-0.15, -0.1) is 0 Å². The largest absolute Gasteiger partial charge is 0.481 e. The third kappa shape index (κ3) is 2.61. The molecule has 1 unspecified atom stereocenters. The normalized spacial score (nSPS) is 24.5. The molecule has 0 radical (unpaired) electrons. The summed E-state index contributed by atoms with van der Waals surface area (Å²) in [6.45, 7) is 4.85. The van der Waals surface area contributed by atoms with Gasteiger partial charge in [-0.2, -0.15) is 0 Å². The first-order valence-electron chi connectivity index (χ1n) is 6.20. The number of carboxylic acid groups (broad SMARTS) is 1. The summed E-state index contributed by atoms with van der Waals surface area (Å²) in [5.74, 6) is -1.45. The molecule has 1 amide bonds. The fourth-order valence-corrected chi connectivity index (χ4v) is 2.65. The van der Waals surface area contributed by atoms with Crippen molar-refractivity contribution in [2.75, 3.05) is 19.3 Å². The molecule has 1 aliphatic heterocycles. The van der Waals surface area contributed by atoms with Crippen LogP contribution in [0.2, 0.25) is 0 Å². The Bertz CT molecular complexity index is 496. The van der Waals surface area contributed by atoms with Gasteiger partial charge < -0.3 is 10.0 Å². The van der Waals surface area contributed by atoms with E-state index in [1.54, 1.807) is 6.92 Å². The zero-order chi connectivity index (χ0) is 15.1. The first kappa shape index (κ1) is 15.9. The molecule has 1 fully saturated rings. The van der Waals surface area contributed by atoms with E-state index >= 15 is 0 Å². The summed E-state index contributed by atoms with van der Waals surface area (Å²) in [7, 11) is -3.54. The Hall–Kier alpha value is -1.11. The van der Waals surface area contributed by atoms with E-state index < -0.39 is 31.9 Å². The number of aliphatic carboxylic acids is 1. The van der Waals surface area contributed by atoms with Gasteiger partial charge in [-0.3, -0.25) is 9.59 Å². The number of amides is 1. The Morgan fingerprint density at radius 1 is 1.37 bits per heavy atom. The number of hydrogen-bond donors (Lipinski definition) is 1. The van der Waals surface area contributed by atoms with E-state index in [0.29, 0.717) is 12.8 Å². The lowest BCUT2D eigenvalue weighted by Crippen LogP contribution is -2.49. The molecular weight excluding hydrogens is 270 g/mol. The second-order valence-electron chi connectivity index (χ2n) is 5.70. The van der Waals surface area contributed by atoms with Crippen molar-refractivity contribution in [2.45, 2.75) is 38.4 Å². The molecule has 0 saturated carbocycles. The fraction of sp³-hybridized carbons (Fsp3) is 0.833. The third-order valence-corrected chi connectivity index (χ3v) is 6.24. The molecule has 1 N–H and O–H groups in total. The summed E-state index contributed by atoms with van der Waals surface area (Å²) in [6.07, 6.45) is 1.81. The van der Waals surface area contributed by atoms with E-state index in [0.717, 1.165) is 6.26 Å². The van der Waals surface area contributed by atoms with Crippen LogP contribution in [-0.4, -0.2) is 54.4 Å². The van der Waals surface area contributed by atoms with Crippen molar-refractivity contribution in [1.29, 1.82) is 0 Å². The molecular formula is C12H21NO5S. The van der Waals surface area contributed by atoms with Crippen molar-refractivity contribution >= 4 is 21.7 Å². The van der Waals surface area contributed by atoms with Gasteiger partial charge in [0.25, 0.3) is 0 Å². The fourth-order valence-electron chi connectivity index (χ4n) is 2.20. The van der Waals surface area contributed by atoms with Crippen LogP contribution in [0, 0.1) is 5.41 Å². The van der Waals surface area contributed by atoms with Crippen molar-refractivity contribution in [3.8, 4) is 0 Å². The SMILES string of the molecule is CCC1(C(=O)O)CCN(C(=O)C(C)(C)S(C)(=O)=O)C1. The number of sulfone groups is 1. The molecule has 0 aromatic heterocycles. The summed E-state index contributed by atoms with van der Waals surface area (Å²) in [6, 6.07) is 0. The molecule has 19 heavy (non-hydrogen) atoms. The van der Waals surface area contributed by atoms with E-state index in [4.69, 9.17) is 0 Å². The number of hydrogen-bond acceptors (Lipinski definition) is 4. The van der Waals surface area contributed by atoms with Gasteiger partial charge >= 0.3 is 5.97 Å². The molecule has 0 bridgehead atoms. The van der Waals surface area contributed by atoms with Gasteiger partial charge in [-0.05, 0) is 26.7 Å². The average Bonchev–Trinajstić information content (AvgIpc) is 2.71. The Morgan fingerprint density at radius 3 is 2.21 bits per heavy atom. The van der Waals surface area contributed by atoms with Crippen molar-refractivity contribution in [2.24, 2.45) is 5.41 Å². The highest BCUT2D eigenvalue weighted by atomic mass is 32.2. The van der Waals surface area contributed by atoms with Crippen molar-refractivity contribution < 1.29 is 23.1 Å². The number of rotatable bonds is 4. The molecule has 1 rings (SSSR count). The van der Waals surface area contributed by atoms with Crippen LogP contribution in [0.15, 0.2) is 0 Å². The second-order valence-corrected chi connectivity index (χ2v) is 8.26. The molecule has 1 heterocycles. The van der Waals surface area contributed by atoms with E-state index in [1.165, 1.54) is 18.7 Å². The Labute approximate surface area is 113 Å². The summed E-state index contributed by atoms with van der Waals surface area (Å²) >= 11 is 0. The zero-order valence-corrected chi connectivity index (χ0v) is 12.6. The topological polar surface area (TPSA) is 91.8 Å². The maximum Gasteiger partial charge on any atom is 0.311 e. The molecule has 1 aliphatic rings. The molecule has 110 valence electrons. The van der Waals surface area contributed by atoms with Crippen LogP contribution in [0.25, 0.3) is 0 Å².